The Balaban J connectivity index is 1.70. The van der Waals surface area contributed by atoms with E-state index >= 15 is 0 Å². The van der Waals surface area contributed by atoms with Crippen LogP contribution in [-0.4, -0.2) is 34.8 Å². The molecule has 0 aliphatic heterocycles. The zero-order valence-corrected chi connectivity index (χ0v) is 14.6. The molecule has 0 aliphatic rings. The first-order valence-electron chi connectivity index (χ1n) is 8.04. The maximum Gasteiger partial charge on any atom is 0.251 e. The topological polar surface area (TPSA) is 63.1 Å². The maximum atomic E-state index is 12.4. The Hall–Kier alpha value is -3.15. The van der Waals surface area contributed by atoms with E-state index in [-0.39, 0.29) is 5.91 Å². The van der Waals surface area contributed by atoms with Crippen molar-refractivity contribution in [3.8, 4) is 11.4 Å². The van der Waals surface area contributed by atoms with Gasteiger partial charge in [-0.1, -0.05) is 12.1 Å². The van der Waals surface area contributed by atoms with Gasteiger partial charge in [-0.25, -0.2) is 0 Å². The molecular formula is C19H21N5O. The largest absolute Gasteiger partial charge is 0.378 e. The summed E-state index contributed by atoms with van der Waals surface area (Å²) in [5.41, 5.74) is 4.15. The Kier molecular flexibility index (Phi) is 4.79. The molecule has 0 saturated heterocycles. The van der Waals surface area contributed by atoms with Crippen molar-refractivity contribution in [2.75, 3.05) is 19.0 Å². The molecule has 6 nitrogen and oxygen atoms in total. The number of nitrogens with one attached hydrogen (secondary N) is 1. The van der Waals surface area contributed by atoms with Gasteiger partial charge in [-0.3, -0.25) is 14.5 Å². The third-order valence-corrected chi connectivity index (χ3v) is 3.96. The Morgan fingerprint density at radius 1 is 1.12 bits per heavy atom. The lowest BCUT2D eigenvalue weighted by Gasteiger charge is -2.13. The minimum absolute atomic E-state index is 0.107. The van der Waals surface area contributed by atoms with Crippen LogP contribution in [-0.2, 0) is 13.6 Å². The van der Waals surface area contributed by atoms with Crippen LogP contribution in [0.2, 0.25) is 0 Å². The molecule has 1 N–H and O–H groups in total. The molecule has 128 valence electrons. The lowest BCUT2D eigenvalue weighted by atomic mass is 10.2. The standard InChI is InChI=1S/C19H21N5O/c1-23(2)15-8-6-7-14(11-15)19(25)21-13-16-12-18(22-24(16)3)17-9-4-5-10-20-17/h4-12H,13H2,1-3H3,(H,21,25). The summed E-state index contributed by atoms with van der Waals surface area (Å²) in [7, 11) is 5.76. The van der Waals surface area contributed by atoms with Crippen molar-refractivity contribution in [1.29, 1.82) is 0 Å². The predicted molar refractivity (Wildman–Crippen MR) is 98.4 cm³/mol. The zero-order chi connectivity index (χ0) is 17.8. The second kappa shape index (κ2) is 7.17. The van der Waals surface area contributed by atoms with Gasteiger partial charge < -0.3 is 10.2 Å². The number of carbonyl (C=O) groups is 1. The van der Waals surface area contributed by atoms with E-state index in [1.54, 1.807) is 10.9 Å². The highest BCUT2D eigenvalue weighted by Gasteiger charge is 2.11. The SMILES string of the molecule is CN(C)c1cccc(C(=O)NCc2cc(-c3ccccn3)nn2C)c1. The van der Waals surface area contributed by atoms with Gasteiger partial charge in [0.2, 0.25) is 0 Å². The third-order valence-electron chi connectivity index (χ3n) is 3.96. The number of benzene rings is 1. The molecule has 0 spiro atoms. The number of aromatic nitrogens is 3. The number of rotatable bonds is 5. The average Bonchev–Trinajstić information content (AvgIpc) is 3.01. The molecule has 2 aromatic heterocycles. The molecule has 2 heterocycles. The summed E-state index contributed by atoms with van der Waals surface area (Å²) < 4.78 is 1.76. The van der Waals surface area contributed by atoms with Crippen molar-refractivity contribution in [2.24, 2.45) is 7.05 Å². The number of hydrogen-bond donors (Lipinski definition) is 1. The lowest BCUT2D eigenvalue weighted by molar-refractivity contribution is 0.0950. The van der Waals surface area contributed by atoms with Gasteiger partial charge in [0.25, 0.3) is 5.91 Å². The molecule has 1 amide bonds. The molecule has 25 heavy (non-hydrogen) atoms. The second-order valence-electron chi connectivity index (χ2n) is 5.99. The van der Waals surface area contributed by atoms with Crippen LogP contribution in [0, 0.1) is 0 Å². The molecule has 6 heteroatoms. The third kappa shape index (κ3) is 3.85. The minimum atomic E-state index is -0.107. The van der Waals surface area contributed by atoms with E-state index in [9.17, 15) is 4.79 Å². The highest BCUT2D eigenvalue weighted by Crippen LogP contribution is 2.16. The average molecular weight is 335 g/mol. The maximum absolute atomic E-state index is 12.4. The molecular weight excluding hydrogens is 314 g/mol. The lowest BCUT2D eigenvalue weighted by Crippen LogP contribution is -2.24. The van der Waals surface area contributed by atoms with E-state index in [1.807, 2.05) is 74.6 Å². The first-order valence-corrected chi connectivity index (χ1v) is 8.04. The van der Waals surface area contributed by atoms with Crippen molar-refractivity contribution in [3.63, 3.8) is 0 Å². The van der Waals surface area contributed by atoms with E-state index in [4.69, 9.17) is 0 Å². The number of nitrogens with zero attached hydrogens (tertiary/aromatic N) is 4. The molecule has 3 aromatic rings. The van der Waals surface area contributed by atoms with E-state index in [0.717, 1.165) is 22.8 Å². The smallest absolute Gasteiger partial charge is 0.251 e. The minimum Gasteiger partial charge on any atom is -0.378 e. The quantitative estimate of drug-likeness (QED) is 0.778. The Bertz CT molecular complexity index is 871. The van der Waals surface area contributed by atoms with E-state index in [0.29, 0.717) is 12.1 Å². The number of carbonyl (C=O) groups excluding carboxylic acids is 1. The van der Waals surface area contributed by atoms with E-state index in [2.05, 4.69) is 15.4 Å². The van der Waals surface area contributed by atoms with Crippen LogP contribution in [0.3, 0.4) is 0 Å². The highest BCUT2D eigenvalue weighted by atomic mass is 16.1. The van der Waals surface area contributed by atoms with Crippen molar-refractivity contribution in [2.45, 2.75) is 6.54 Å². The van der Waals surface area contributed by atoms with Gasteiger partial charge in [0.15, 0.2) is 0 Å². The van der Waals surface area contributed by atoms with Crippen LogP contribution >= 0.6 is 0 Å². The fourth-order valence-electron chi connectivity index (χ4n) is 2.51. The summed E-state index contributed by atoms with van der Waals surface area (Å²) in [6.45, 7) is 0.404. The van der Waals surface area contributed by atoms with Crippen LogP contribution in [0.15, 0.2) is 54.7 Å². The normalized spacial score (nSPS) is 10.5. The monoisotopic (exact) mass is 335 g/mol. The predicted octanol–water partition coefficient (Wildman–Crippen LogP) is 2.48. The van der Waals surface area contributed by atoms with Gasteiger partial charge in [-0.2, -0.15) is 5.10 Å². The molecule has 3 rings (SSSR count). The molecule has 1 aromatic carbocycles. The molecule has 0 fully saturated rings. The van der Waals surface area contributed by atoms with Gasteiger partial charge in [-0.05, 0) is 36.4 Å². The summed E-state index contributed by atoms with van der Waals surface area (Å²) in [6.07, 6.45) is 1.74. The highest BCUT2D eigenvalue weighted by molar-refractivity contribution is 5.95. The zero-order valence-electron chi connectivity index (χ0n) is 14.6. The van der Waals surface area contributed by atoms with Crippen LogP contribution in [0.4, 0.5) is 5.69 Å². The van der Waals surface area contributed by atoms with Gasteiger partial charge in [0.1, 0.15) is 5.69 Å². The number of anilines is 1. The molecule has 0 atom stereocenters. The number of amides is 1. The van der Waals surface area contributed by atoms with E-state index < -0.39 is 0 Å². The van der Waals surface area contributed by atoms with E-state index in [1.165, 1.54) is 0 Å². The summed E-state index contributed by atoms with van der Waals surface area (Å²) in [5.74, 6) is -0.107. The molecule has 0 radical (unpaired) electrons. The van der Waals surface area contributed by atoms with Gasteiger partial charge in [0, 0.05) is 38.6 Å². The summed E-state index contributed by atoms with van der Waals surface area (Å²) in [6, 6.07) is 15.2. The molecule has 0 bridgehead atoms. The Morgan fingerprint density at radius 3 is 2.68 bits per heavy atom. The molecule has 0 aliphatic carbocycles. The summed E-state index contributed by atoms with van der Waals surface area (Å²) in [5, 5.41) is 7.41. The van der Waals surface area contributed by atoms with Crippen LogP contribution < -0.4 is 10.2 Å². The fraction of sp³-hybridized carbons (Fsp3) is 0.211. The van der Waals surface area contributed by atoms with Gasteiger partial charge in [-0.15, -0.1) is 0 Å². The van der Waals surface area contributed by atoms with Crippen LogP contribution in [0.1, 0.15) is 16.1 Å². The number of aryl methyl sites for hydroxylation is 1. The van der Waals surface area contributed by atoms with Gasteiger partial charge >= 0.3 is 0 Å². The van der Waals surface area contributed by atoms with Crippen LogP contribution in [0.5, 0.6) is 0 Å². The van der Waals surface area contributed by atoms with Gasteiger partial charge in [0.05, 0.1) is 17.9 Å². The fourth-order valence-corrected chi connectivity index (χ4v) is 2.51. The summed E-state index contributed by atoms with van der Waals surface area (Å²) >= 11 is 0. The Morgan fingerprint density at radius 2 is 1.96 bits per heavy atom. The Labute approximate surface area is 147 Å². The first-order chi connectivity index (χ1) is 12.0. The van der Waals surface area contributed by atoms with Crippen molar-refractivity contribution in [3.05, 3.63) is 66.0 Å². The molecule has 0 unspecified atom stereocenters. The van der Waals surface area contributed by atoms with Crippen molar-refractivity contribution in [1.82, 2.24) is 20.1 Å². The second-order valence-corrected chi connectivity index (χ2v) is 5.99. The van der Waals surface area contributed by atoms with Crippen molar-refractivity contribution >= 4 is 11.6 Å². The van der Waals surface area contributed by atoms with Crippen molar-refractivity contribution < 1.29 is 4.79 Å². The number of hydrogen-bond acceptors (Lipinski definition) is 4. The summed E-state index contributed by atoms with van der Waals surface area (Å²) in [4.78, 5) is 18.7. The number of pyridine rings is 1. The van der Waals surface area contributed by atoms with Crippen LogP contribution in [0.25, 0.3) is 11.4 Å². The first kappa shape index (κ1) is 16.7. The molecule has 0 saturated carbocycles.